The molecule has 2 heterocycles. The summed E-state index contributed by atoms with van der Waals surface area (Å²) >= 11 is 0. The second-order valence-corrected chi connectivity index (χ2v) is 4.30. The second-order valence-electron chi connectivity index (χ2n) is 4.30. The summed E-state index contributed by atoms with van der Waals surface area (Å²) in [6.07, 6.45) is 4.53. The van der Waals surface area contributed by atoms with E-state index in [0.717, 1.165) is 26.0 Å². The number of hydrogen-bond acceptors (Lipinski definition) is 2. The second kappa shape index (κ2) is 3.54. The van der Waals surface area contributed by atoms with Crippen LogP contribution in [0.25, 0.3) is 0 Å². The van der Waals surface area contributed by atoms with Gasteiger partial charge in [-0.3, -0.25) is 4.90 Å². The fourth-order valence-corrected chi connectivity index (χ4v) is 3.05. The molecular weight excluding hydrogens is 169 g/mol. The zero-order valence-electron chi connectivity index (χ0n) is 8.26. The highest BCUT2D eigenvalue weighted by molar-refractivity contribution is 5.04. The van der Waals surface area contributed by atoms with Gasteiger partial charge in [0.05, 0.1) is 6.61 Å². The number of halogens is 1. The molecule has 0 bridgehead atoms. The van der Waals surface area contributed by atoms with E-state index in [9.17, 15) is 4.39 Å². The van der Waals surface area contributed by atoms with Crippen LogP contribution < -0.4 is 0 Å². The Kier molecular flexibility index (Phi) is 2.56. The Morgan fingerprint density at radius 2 is 2.38 bits per heavy atom. The van der Waals surface area contributed by atoms with Crippen molar-refractivity contribution in [3.05, 3.63) is 0 Å². The van der Waals surface area contributed by atoms with Gasteiger partial charge < -0.3 is 4.74 Å². The molecule has 0 aromatic rings. The molecule has 0 aliphatic carbocycles. The van der Waals surface area contributed by atoms with E-state index in [2.05, 4.69) is 4.90 Å². The van der Waals surface area contributed by atoms with Crippen LogP contribution in [0.2, 0.25) is 0 Å². The van der Waals surface area contributed by atoms with E-state index in [1.54, 1.807) is 7.11 Å². The molecule has 0 unspecified atom stereocenters. The number of hydrogen-bond donors (Lipinski definition) is 0. The van der Waals surface area contributed by atoms with Crippen LogP contribution in [0, 0.1) is 0 Å². The summed E-state index contributed by atoms with van der Waals surface area (Å²) in [7, 11) is 1.74. The molecule has 2 saturated heterocycles. The van der Waals surface area contributed by atoms with Crippen LogP contribution in [-0.4, -0.2) is 43.4 Å². The summed E-state index contributed by atoms with van der Waals surface area (Å²) < 4.78 is 17.9. The van der Waals surface area contributed by atoms with Crippen molar-refractivity contribution in [2.45, 2.75) is 37.3 Å². The van der Waals surface area contributed by atoms with Crippen molar-refractivity contribution in [3.63, 3.8) is 0 Å². The lowest BCUT2D eigenvalue weighted by Gasteiger charge is -2.33. The van der Waals surface area contributed by atoms with Crippen molar-refractivity contribution in [1.82, 2.24) is 4.90 Å². The molecule has 0 saturated carbocycles. The number of ether oxygens (including phenoxy) is 1. The normalized spacial score (nSPS) is 39.7. The Balaban J connectivity index is 2.09. The lowest BCUT2D eigenvalue weighted by atomic mass is 9.95. The first-order valence-corrected chi connectivity index (χ1v) is 5.14. The Morgan fingerprint density at radius 3 is 3.08 bits per heavy atom. The summed E-state index contributed by atoms with van der Waals surface area (Å²) in [4.78, 5) is 2.34. The van der Waals surface area contributed by atoms with Crippen molar-refractivity contribution in [2.75, 3.05) is 26.9 Å². The largest absolute Gasteiger partial charge is 0.383 e. The summed E-state index contributed by atoms with van der Waals surface area (Å²) in [5, 5.41) is 0. The molecule has 2 aliphatic heterocycles. The number of alkyl halides is 1. The third kappa shape index (κ3) is 1.38. The van der Waals surface area contributed by atoms with E-state index >= 15 is 0 Å². The minimum absolute atomic E-state index is 0.178. The maximum atomic E-state index is 12.7. The Labute approximate surface area is 79.1 Å². The summed E-state index contributed by atoms with van der Waals surface area (Å²) in [6.45, 7) is 1.66. The van der Waals surface area contributed by atoms with Gasteiger partial charge in [-0.05, 0) is 32.2 Å². The van der Waals surface area contributed by atoms with Gasteiger partial charge in [0, 0.05) is 18.7 Å². The average molecular weight is 187 g/mol. The topological polar surface area (TPSA) is 12.5 Å². The van der Waals surface area contributed by atoms with Gasteiger partial charge in [-0.1, -0.05) is 0 Å². The van der Waals surface area contributed by atoms with Gasteiger partial charge in [0.2, 0.25) is 0 Å². The lowest BCUT2D eigenvalue weighted by molar-refractivity contribution is 0.0452. The van der Waals surface area contributed by atoms with E-state index in [1.807, 2.05) is 0 Å². The molecule has 76 valence electrons. The quantitative estimate of drug-likeness (QED) is 0.665. The number of nitrogens with zero attached hydrogens (tertiary/aromatic N) is 1. The van der Waals surface area contributed by atoms with E-state index in [-0.39, 0.29) is 18.3 Å². The highest BCUT2D eigenvalue weighted by Crippen LogP contribution is 2.42. The lowest BCUT2D eigenvalue weighted by Crippen LogP contribution is -2.46. The summed E-state index contributed by atoms with van der Waals surface area (Å²) in [5.74, 6) is 0. The van der Waals surface area contributed by atoms with E-state index in [0.29, 0.717) is 0 Å². The molecule has 13 heavy (non-hydrogen) atoms. The summed E-state index contributed by atoms with van der Waals surface area (Å²) in [6, 6.07) is 0.178. The molecule has 0 radical (unpaired) electrons. The third-order valence-corrected chi connectivity index (χ3v) is 3.63. The maximum absolute atomic E-state index is 12.7. The number of rotatable bonds is 3. The average Bonchev–Trinajstić information content (AvgIpc) is 2.62. The molecule has 3 heteroatoms. The summed E-state index contributed by atoms with van der Waals surface area (Å²) in [5.41, 5.74) is 0.200. The fraction of sp³-hybridized carbons (Fsp3) is 1.00. The third-order valence-electron chi connectivity index (χ3n) is 3.63. The first-order chi connectivity index (χ1) is 6.32. The Hall–Kier alpha value is -0.150. The van der Waals surface area contributed by atoms with Crippen molar-refractivity contribution in [2.24, 2.45) is 0 Å². The minimum atomic E-state index is -0.189. The van der Waals surface area contributed by atoms with Crippen LogP contribution in [-0.2, 0) is 4.74 Å². The maximum Gasteiger partial charge on any atom is 0.105 e. The predicted octanol–water partition coefficient (Wildman–Crippen LogP) is 1.60. The highest BCUT2D eigenvalue weighted by Gasteiger charge is 2.48. The molecule has 2 atom stereocenters. The smallest absolute Gasteiger partial charge is 0.105 e. The zero-order valence-corrected chi connectivity index (χ0v) is 8.26. The molecule has 0 amide bonds. The van der Waals surface area contributed by atoms with E-state index in [4.69, 9.17) is 4.74 Å². The molecule has 0 spiro atoms. The first-order valence-electron chi connectivity index (χ1n) is 5.14. The molecule has 0 aromatic carbocycles. The van der Waals surface area contributed by atoms with Crippen molar-refractivity contribution in [1.29, 1.82) is 0 Å². The van der Waals surface area contributed by atoms with Gasteiger partial charge in [-0.15, -0.1) is 0 Å². The van der Waals surface area contributed by atoms with Crippen LogP contribution in [0.3, 0.4) is 0 Å². The van der Waals surface area contributed by atoms with Crippen LogP contribution in [0.15, 0.2) is 0 Å². The van der Waals surface area contributed by atoms with Crippen molar-refractivity contribution >= 4 is 0 Å². The number of methoxy groups -OCH3 is 1. The predicted molar refractivity (Wildman–Crippen MR) is 49.5 cm³/mol. The molecule has 2 aliphatic rings. The monoisotopic (exact) mass is 187 g/mol. The molecular formula is C10H18FNO. The van der Waals surface area contributed by atoms with Gasteiger partial charge in [0.1, 0.15) is 6.67 Å². The van der Waals surface area contributed by atoms with Crippen LogP contribution in [0.1, 0.15) is 25.7 Å². The molecule has 0 N–H and O–H groups in total. The van der Waals surface area contributed by atoms with Crippen LogP contribution in [0.4, 0.5) is 4.39 Å². The minimum Gasteiger partial charge on any atom is -0.383 e. The molecule has 2 nitrogen and oxygen atoms in total. The zero-order chi connectivity index (χ0) is 9.31. The van der Waals surface area contributed by atoms with Crippen LogP contribution >= 0.6 is 0 Å². The van der Waals surface area contributed by atoms with Gasteiger partial charge in [-0.2, -0.15) is 0 Å². The molecule has 0 aromatic heterocycles. The van der Waals surface area contributed by atoms with Crippen LogP contribution in [0.5, 0.6) is 0 Å². The van der Waals surface area contributed by atoms with Gasteiger partial charge >= 0.3 is 0 Å². The van der Waals surface area contributed by atoms with Gasteiger partial charge in [-0.25, -0.2) is 4.39 Å². The standard InChI is InChI=1S/C10H18FNO/c1-13-8-10-4-2-6-12(10)9(7-11)3-5-10/h9H,2-8H2,1H3/t9-,10-/m0/s1. The van der Waals surface area contributed by atoms with Crippen molar-refractivity contribution < 1.29 is 9.13 Å². The van der Waals surface area contributed by atoms with Gasteiger partial charge in [0.25, 0.3) is 0 Å². The van der Waals surface area contributed by atoms with E-state index < -0.39 is 0 Å². The molecule has 2 rings (SSSR count). The molecule has 2 fully saturated rings. The first kappa shape index (κ1) is 9.41. The Morgan fingerprint density at radius 1 is 1.54 bits per heavy atom. The Bertz CT molecular complexity index is 188. The van der Waals surface area contributed by atoms with Crippen molar-refractivity contribution in [3.8, 4) is 0 Å². The van der Waals surface area contributed by atoms with Gasteiger partial charge in [0.15, 0.2) is 0 Å². The SMILES string of the molecule is COC[C@@]12CCCN1[C@H](CF)CC2. The number of fused-ring (bicyclic) bond motifs is 1. The highest BCUT2D eigenvalue weighted by atomic mass is 19.1. The van der Waals surface area contributed by atoms with E-state index in [1.165, 1.54) is 12.8 Å². The fourth-order valence-electron chi connectivity index (χ4n) is 3.05.